The third kappa shape index (κ3) is 3.73. The van der Waals surface area contributed by atoms with Crippen LogP contribution in [-0.2, 0) is 18.4 Å². The number of carbonyl (C=O) groups is 1. The molecule has 0 radical (unpaired) electrons. The summed E-state index contributed by atoms with van der Waals surface area (Å²) in [4.78, 5) is 18.8. The number of hydrogen-bond acceptors (Lipinski definition) is 5. The van der Waals surface area contributed by atoms with E-state index in [9.17, 15) is 4.79 Å². The quantitative estimate of drug-likeness (QED) is 0.666. The van der Waals surface area contributed by atoms with E-state index >= 15 is 0 Å². The van der Waals surface area contributed by atoms with Gasteiger partial charge in [0.15, 0.2) is 4.34 Å². The summed E-state index contributed by atoms with van der Waals surface area (Å²) in [6.07, 6.45) is 3.71. The van der Waals surface area contributed by atoms with Crippen molar-refractivity contribution in [2.75, 3.05) is 7.05 Å². The zero-order chi connectivity index (χ0) is 16.4. The van der Waals surface area contributed by atoms with Gasteiger partial charge in [-0.3, -0.25) is 9.48 Å². The van der Waals surface area contributed by atoms with E-state index in [4.69, 9.17) is 0 Å². The molecule has 3 aromatic rings. The van der Waals surface area contributed by atoms with Crippen LogP contribution in [0, 0.1) is 0 Å². The van der Waals surface area contributed by atoms with E-state index < -0.39 is 0 Å². The summed E-state index contributed by atoms with van der Waals surface area (Å²) < 4.78 is 3.83. The van der Waals surface area contributed by atoms with Crippen LogP contribution >= 0.6 is 23.1 Å². The lowest BCUT2D eigenvalue weighted by Gasteiger charge is -2.19. The fourth-order valence-electron chi connectivity index (χ4n) is 2.32. The van der Waals surface area contributed by atoms with Gasteiger partial charge in [0.05, 0.1) is 21.7 Å². The predicted molar refractivity (Wildman–Crippen MR) is 94.6 cm³/mol. The van der Waals surface area contributed by atoms with E-state index in [-0.39, 0.29) is 11.2 Å². The number of nitrogens with zero attached hydrogens (tertiary/aromatic N) is 4. The van der Waals surface area contributed by atoms with Crippen LogP contribution in [0.5, 0.6) is 0 Å². The molecule has 2 heterocycles. The SMILES string of the molecule is C[C@H](Sc1nc2ccccc2s1)C(=O)N(C)Cc1cnn(C)c1. The minimum absolute atomic E-state index is 0.0955. The van der Waals surface area contributed by atoms with Crippen molar-refractivity contribution in [3.8, 4) is 0 Å². The lowest BCUT2D eigenvalue weighted by molar-refractivity contribution is -0.129. The molecule has 0 aliphatic rings. The molecule has 0 saturated carbocycles. The maximum absolute atomic E-state index is 12.5. The molecule has 7 heteroatoms. The van der Waals surface area contributed by atoms with Crippen LogP contribution in [0.2, 0.25) is 0 Å². The van der Waals surface area contributed by atoms with E-state index in [1.807, 2.05) is 45.4 Å². The Labute approximate surface area is 143 Å². The van der Waals surface area contributed by atoms with E-state index in [2.05, 4.69) is 16.1 Å². The fourth-order valence-corrected chi connectivity index (χ4v) is 4.64. The molecular weight excluding hydrogens is 328 g/mol. The standard InChI is InChI=1S/C16H18N4OS2/c1-11(15(21)19(2)9-12-8-17-20(3)10-12)22-16-18-13-6-4-5-7-14(13)23-16/h4-8,10-11H,9H2,1-3H3/t11-/m0/s1. The van der Waals surface area contributed by atoms with Gasteiger partial charge in [-0.15, -0.1) is 11.3 Å². The van der Waals surface area contributed by atoms with Gasteiger partial charge in [-0.25, -0.2) is 4.98 Å². The van der Waals surface area contributed by atoms with Crippen LogP contribution in [0.15, 0.2) is 41.0 Å². The van der Waals surface area contributed by atoms with Crippen LogP contribution in [0.1, 0.15) is 12.5 Å². The highest BCUT2D eigenvalue weighted by atomic mass is 32.2. The molecule has 120 valence electrons. The number of para-hydroxylation sites is 1. The van der Waals surface area contributed by atoms with E-state index in [0.29, 0.717) is 6.54 Å². The number of thiazole rings is 1. The number of thioether (sulfide) groups is 1. The maximum atomic E-state index is 12.5. The maximum Gasteiger partial charge on any atom is 0.235 e. The molecule has 23 heavy (non-hydrogen) atoms. The van der Waals surface area contributed by atoms with Crippen LogP contribution in [0.25, 0.3) is 10.2 Å². The Balaban J connectivity index is 1.64. The smallest absolute Gasteiger partial charge is 0.235 e. The molecule has 5 nitrogen and oxygen atoms in total. The zero-order valence-electron chi connectivity index (χ0n) is 13.3. The average molecular weight is 346 g/mol. The first kappa shape index (κ1) is 16.0. The van der Waals surface area contributed by atoms with Crippen molar-refractivity contribution >= 4 is 39.2 Å². The lowest BCUT2D eigenvalue weighted by atomic mass is 10.3. The van der Waals surface area contributed by atoms with E-state index in [1.54, 1.807) is 27.1 Å². The summed E-state index contributed by atoms with van der Waals surface area (Å²) in [6, 6.07) is 8.03. The Morgan fingerprint density at radius 3 is 2.91 bits per heavy atom. The van der Waals surface area contributed by atoms with Gasteiger partial charge in [0.25, 0.3) is 0 Å². The van der Waals surface area contributed by atoms with Crippen LogP contribution < -0.4 is 0 Å². The molecular formula is C16H18N4OS2. The summed E-state index contributed by atoms with van der Waals surface area (Å²) in [7, 11) is 3.70. The number of aromatic nitrogens is 3. The number of aryl methyl sites for hydroxylation is 1. The number of hydrogen-bond donors (Lipinski definition) is 0. The van der Waals surface area contributed by atoms with Gasteiger partial charge in [-0.05, 0) is 19.1 Å². The van der Waals surface area contributed by atoms with E-state index in [1.165, 1.54) is 11.8 Å². The molecule has 2 aromatic heterocycles. The van der Waals surface area contributed by atoms with Crippen molar-refractivity contribution in [1.29, 1.82) is 0 Å². The number of fused-ring (bicyclic) bond motifs is 1. The second-order valence-electron chi connectivity index (χ2n) is 5.42. The number of rotatable bonds is 5. The number of amides is 1. The molecule has 0 aliphatic carbocycles. The normalized spacial score (nSPS) is 12.5. The van der Waals surface area contributed by atoms with E-state index in [0.717, 1.165) is 20.1 Å². The first-order valence-corrected chi connectivity index (χ1v) is 8.97. The largest absolute Gasteiger partial charge is 0.340 e. The first-order chi connectivity index (χ1) is 11.0. The Hall–Kier alpha value is -1.86. The van der Waals surface area contributed by atoms with Crippen molar-refractivity contribution in [2.24, 2.45) is 7.05 Å². The summed E-state index contributed by atoms with van der Waals surface area (Å²) >= 11 is 3.15. The van der Waals surface area contributed by atoms with Crippen LogP contribution in [0.3, 0.4) is 0 Å². The van der Waals surface area contributed by atoms with Crippen molar-refractivity contribution in [3.05, 3.63) is 42.2 Å². The molecule has 3 rings (SSSR count). The monoisotopic (exact) mass is 346 g/mol. The highest BCUT2D eigenvalue weighted by molar-refractivity contribution is 8.02. The molecule has 0 N–H and O–H groups in total. The van der Waals surface area contributed by atoms with Gasteiger partial charge < -0.3 is 4.90 Å². The average Bonchev–Trinajstić information content (AvgIpc) is 3.11. The minimum atomic E-state index is -0.169. The van der Waals surface area contributed by atoms with Gasteiger partial charge in [-0.1, -0.05) is 23.9 Å². The molecule has 1 atom stereocenters. The lowest BCUT2D eigenvalue weighted by Crippen LogP contribution is -2.32. The Kier molecular flexibility index (Phi) is 4.68. The highest BCUT2D eigenvalue weighted by Gasteiger charge is 2.20. The second kappa shape index (κ2) is 6.72. The highest BCUT2D eigenvalue weighted by Crippen LogP contribution is 2.32. The predicted octanol–water partition coefficient (Wildman–Crippen LogP) is 3.17. The molecule has 0 saturated heterocycles. The summed E-state index contributed by atoms with van der Waals surface area (Å²) in [5.41, 5.74) is 2.02. The van der Waals surface area contributed by atoms with Crippen molar-refractivity contribution in [1.82, 2.24) is 19.7 Å². The van der Waals surface area contributed by atoms with Gasteiger partial charge in [0.1, 0.15) is 0 Å². The molecule has 1 amide bonds. The van der Waals surface area contributed by atoms with Gasteiger partial charge in [0.2, 0.25) is 5.91 Å². The summed E-state index contributed by atoms with van der Waals surface area (Å²) in [5.74, 6) is 0.0955. The Bertz CT molecular complexity index is 793. The molecule has 0 aliphatic heterocycles. The molecule has 0 bridgehead atoms. The number of benzene rings is 1. The zero-order valence-corrected chi connectivity index (χ0v) is 14.9. The third-order valence-electron chi connectivity index (χ3n) is 3.45. The first-order valence-electron chi connectivity index (χ1n) is 7.27. The molecule has 0 spiro atoms. The Morgan fingerprint density at radius 2 is 2.22 bits per heavy atom. The van der Waals surface area contributed by atoms with Crippen LogP contribution in [-0.4, -0.2) is 37.9 Å². The van der Waals surface area contributed by atoms with Crippen molar-refractivity contribution in [3.63, 3.8) is 0 Å². The second-order valence-corrected chi connectivity index (χ2v) is 8.04. The van der Waals surface area contributed by atoms with Crippen LogP contribution in [0.4, 0.5) is 0 Å². The summed E-state index contributed by atoms with van der Waals surface area (Å²) in [5, 5.41) is 3.96. The van der Waals surface area contributed by atoms with Crippen molar-refractivity contribution < 1.29 is 4.79 Å². The van der Waals surface area contributed by atoms with Gasteiger partial charge in [0, 0.05) is 32.4 Å². The van der Waals surface area contributed by atoms with Gasteiger partial charge >= 0.3 is 0 Å². The third-order valence-corrected chi connectivity index (χ3v) is 5.67. The molecule has 0 fully saturated rings. The molecule has 0 unspecified atom stereocenters. The number of carbonyl (C=O) groups excluding carboxylic acids is 1. The summed E-state index contributed by atoms with van der Waals surface area (Å²) in [6.45, 7) is 2.50. The fraction of sp³-hybridized carbons (Fsp3) is 0.312. The molecule has 1 aromatic carbocycles. The minimum Gasteiger partial charge on any atom is -0.340 e. The van der Waals surface area contributed by atoms with Crippen molar-refractivity contribution in [2.45, 2.75) is 23.1 Å². The van der Waals surface area contributed by atoms with Gasteiger partial charge in [-0.2, -0.15) is 5.10 Å². The topological polar surface area (TPSA) is 51.0 Å². The Morgan fingerprint density at radius 1 is 1.43 bits per heavy atom.